The molecule has 0 radical (unpaired) electrons. The largest absolute Gasteiger partial charge is 0.461 e. The highest BCUT2D eigenvalue weighted by Gasteiger charge is 2.06. The molecule has 0 saturated heterocycles. The number of rotatable bonds is 5. The maximum atomic E-state index is 12.8. The molecule has 3 heteroatoms. The van der Waals surface area contributed by atoms with E-state index in [0.29, 0.717) is 6.04 Å². The predicted molar refractivity (Wildman–Crippen MR) is 70.9 cm³/mol. The molecule has 1 aromatic carbocycles. The van der Waals surface area contributed by atoms with Crippen molar-refractivity contribution < 1.29 is 8.81 Å². The first-order valence-corrected chi connectivity index (χ1v) is 6.21. The average Bonchev–Trinajstić information content (AvgIpc) is 2.85. The SMILES string of the molecule is CNC(C)CCc1ccc(-c2ccc(F)cc2)o1. The lowest BCUT2D eigenvalue weighted by molar-refractivity contribution is 0.483. The van der Waals surface area contributed by atoms with Crippen LogP contribution in [0.2, 0.25) is 0 Å². The molecule has 1 aromatic heterocycles. The summed E-state index contributed by atoms with van der Waals surface area (Å²) in [6, 6.07) is 10.8. The van der Waals surface area contributed by atoms with Gasteiger partial charge in [0.25, 0.3) is 0 Å². The van der Waals surface area contributed by atoms with E-state index in [0.717, 1.165) is 29.9 Å². The number of furan rings is 1. The normalized spacial score (nSPS) is 12.6. The molecule has 96 valence electrons. The molecule has 1 heterocycles. The molecule has 2 nitrogen and oxygen atoms in total. The van der Waals surface area contributed by atoms with E-state index < -0.39 is 0 Å². The molecule has 0 saturated carbocycles. The second-order valence-electron chi connectivity index (χ2n) is 4.50. The summed E-state index contributed by atoms with van der Waals surface area (Å²) >= 11 is 0. The molecule has 0 amide bonds. The fourth-order valence-corrected chi connectivity index (χ4v) is 1.78. The minimum Gasteiger partial charge on any atom is -0.461 e. The number of hydrogen-bond donors (Lipinski definition) is 1. The molecule has 18 heavy (non-hydrogen) atoms. The van der Waals surface area contributed by atoms with E-state index in [2.05, 4.69) is 12.2 Å². The summed E-state index contributed by atoms with van der Waals surface area (Å²) < 4.78 is 18.6. The van der Waals surface area contributed by atoms with Crippen LogP contribution in [0.5, 0.6) is 0 Å². The van der Waals surface area contributed by atoms with E-state index >= 15 is 0 Å². The third-order valence-electron chi connectivity index (χ3n) is 3.11. The van der Waals surface area contributed by atoms with Crippen LogP contribution in [0.1, 0.15) is 19.1 Å². The highest BCUT2D eigenvalue weighted by Crippen LogP contribution is 2.23. The Balaban J connectivity index is 2.03. The summed E-state index contributed by atoms with van der Waals surface area (Å²) in [4.78, 5) is 0. The van der Waals surface area contributed by atoms with E-state index in [4.69, 9.17) is 4.42 Å². The maximum absolute atomic E-state index is 12.8. The Hall–Kier alpha value is -1.61. The van der Waals surface area contributed by atoms with Gasteiger partial charge in [0.15, 0.2) is 0 Å². The molecule has 0 aliphatic carbocycles. The van der Waals surface area contributed by atoms with Crippen molar-refractivity contribution in [3.05, 3.63) is 48.0 Å². The van der Waals surface area contributed by atoms with Gasteiger partial charge in [-0.3, -0.25) is 0 Å². The summed E-state index contributed by atoms with van der Waals surface area (Å²) in [6.45, 7) is 2.14. The Morgan fingerprint density at radius 3 is 2.56 bits per heavy atom. The third-order valence-corrected chi connectivity index (χ3v) is 3.11. The van der Waals surface area contributed by atoms with Crippen LogP contribution < -0.4 is 5.32 Å². The summed E-state index contributed by atoms with van der Waals surface area (Å²) in [7, 11) is 1.96. The quantitative estimate of drug-likeness (QED) is 0.872. The zero-order valence-corrected chi connectivity index (χ0v) is 10.7. The van der Waals surface area contributed by atoms with Crippen LogP contribution in [-0.2, 0) is 6.42 Å². The third kappa shape index (κ3) is 3.20. The van der Waals surface area contributed by atoms with Gasteiger partial charge in [0.05, 0.1) is 0 Å². The lowest BCUT2D eigenvalue weighted by Gasteiger charge is -2.07. The maximum Gasteiger partial charge on any atom is 0.134 e. The summed E-state index contributed by atoms with van der Waals surface area (Å²) in [5, 5.41) is 3.20. The van der Waals surface area contributed by atoms with Gasteiger partial charge in [0.2, 0.25) is 0 Å². The van der Waals surface area contributed by atoms with E-state index in [9.17, 15) is 4.39 Å². The van der Waals surface area contributed by atoms with Crippen LogP contribution in [0, 0.1) is 5.82 Å². The molecule has 0 aliphatic rings. The fourth-order valence-electron chi connectivity index (χ4n) is 1.78. The first kappa shape index (κ1) is 12.8. The average molecular weight is 247 g/mol. The second kappa shape index (κ2) is 5.83. The van der Waals surface area contributed by atoms with E-state index in [-0.39, 0.29) is 5.82 Å². The minimum absolute atomic E-state index is 0.228. The molecule has 1 atom stereocenters. The van der Waals surface area contributed by atoms with Gasteiger partial charge in [-0.25, -0.2) is 4.39 Å². The van der Waals surface area contributed by atoms with Crippen molar-refractivity contribution in [3.8, 4) is 11.3 Å². The Kier molecular flexibility index (Phi) is 4.15. The molecule has 2 aromatic rings. The number of nitrogens with one attached hydrogen (secondary N) is 1. The first-order valence-electron chi connectivity index (χ1n) is 6.21. The monoisotopic (exact) mass is 247 g/mol. The minimum atomic E-state index is -0.228. The number of halogens is 1. The van der Waals surface area contributed by atoms with E-state index in [1.54, 1.807) is 12.1 Å². The Labute approximate surface area is 107 Å². The zero-order chi connectivity index (χ0) is 13.0. The van der Waals surface area contributed by atoms with Crippen molar-refractivity contribution in [2.45, 2.75) is 25.8 Å². The molecule has 0 spiro atoms. The van der Waals surface area contributed by atoms with Crippen molar-refractivity contribution in [2.24, 2.45) is 0 Å². The number of hydrogen-bond acceptors (Lipinski definition) is 2. The van der Waals surface area contributed by atoms with Crippen LogP contribution >= 0.6 is 0 Å². The Morgan fingerprint density at radius 2 is 1.89 bits per heavy atom. The lowest BCUT2D eigenvalue weighted by Crippen LogP contribution is -2.21. The molecule has 2 rings (SSSR count). The van der Waals surface area contributed by atoms with Crippen LogP contribution in [-0.4, -0.2) is 13.1 Å². The Bertz CT molecular complexity index is 489. The van der Waals surface area contributed by atoms with Gasteiger partial charge in [0, 0.05) is 18.0 Å². The predicted octanol–water partition coefficient (Wildman–Crippen LogP) is 3.63. The van der Waals surface area contributed by atoms with Gasteiger partial charge < -0.3 is 9.73 Å². The molecule has 1 unspecified atom stereocenters. The van der Waals surface area contributed by atoms with Crippen LogP contribution in [0.25, 0.3) is 11.3 Å². The van der Waals surface area contributed by atoms with Crippen LogP contribution in [0.15, 0.2) is 40.8 Å². The summed E-state index contributed by atoms with van der Waals surface area (Å²) in [5.74, 6) is 1.53. The molecular formula is C15H18FNO. The summed E-state index contributed by atoms with van der Waals surface area (Å²) in [5.41, 5.74) is 0.907. The topological polar surface area (TPSA) is 25.2 Å². The smallest absolute Gasteiger partial charge is 0.134 e. The molecule has 0 aliphatic heterocycles. The van der Waals surface area contributed by atoms with Crippen molar-refractivity contribution in [3.63, 3.8) is 0 Å². The number of aryl methyl sites for hydroxylation is 1. The van der Waals surface area contributed by atoms with Gasteiger partial charge >= 0.3 is 0 Å². The molecule has 0 bridgehead atoms. The Morgan fingerprint density at radius 1 is 1.17 bits per heavy atom. The highest BCUT2D eigenvalue weighted by atomic mass is 19.1. The van der Waals surface area contributed by atoms with Gasteiger partial charge in [0.1, 0.15) is 17.3 Å². The zero-order valence-electron chi connectivity index (χ0n) is 10.7. The molecule has 0 fully saturated rings. The van der Waals surface area contributed by atoms with E-state index in [1.807, 2.05) is 19.2 Å². The standard InChI is InChI=1S/C15H18FNO/c1-11(17-2)3-8-14-9-10-15(18-14)12-4-6-13(16)7-5-12/h4-7,9-11,17H,3,8H2,1-2H3. The van der Waals surface area contributed by atoms with Crippen molar-refractivity contribution in [1.82, 2.24) is 5.32 Å². The van der Waals surface area contributed by atoms with Crippen molar-refractivity contribution in [1.29, 1.82) is 0 Å². The lowest BCUT2D eigenvalue weighted by atomic mass is 10.1. The molecule has 1 N–H and O–H groups in total. The highest BCUT2D eigenvalue weighted by molar-refractivity contribution is 5.57. The second-order valence-corrected chi connectivity index (χ2v) is 4.50. The van der Waals surface area contributed by atoms with Gasteiger partial charge in [-0.05, 0) is 56.8 Å². The van der Waals surface area contributed by atoms with Gasteiger partial charge in [-0.2, -0.15) is 0 Å². The van der Waals surface area contributed by atoms with Crippen molar-refractivity contribution in [2.75, 3.05) is 7.05 Å². The summed E-state index contributed by atoms with van der Waals surface area (Å²) in [6.07, 6.45) is 1.94. The fraction of sp³-hybridized carbons (Fsp3) is 0.333. The number of benzene rings is 1. The van der Waals surface area contributed by atoms with Crippen LogP contribution in [0.3, 0.4) is 0 Å². The van der Waals surface area contributed by atoms with Crippen LogP contribution in [0.4, 0.5) is 4.39 Å². The van der Waals surface area contributed by atoms with Gasteiger partial charge in [-0.1, -0.05) is 0 Å². The first-order chi connectivity index (χ1) is 8.69. The van der Waals surface area contributed by atoms with Gasteiger partial charge in [-0.15, -0.1) is 0 Å². The van der Waals surface area contributed by atoms with E-state index in [1.165, 1.54) is 12.1 Å². The van der Waals surface area contributed by atoms with Crippen molar-refractivity contribution >= 4 is 0 Å². The molecular weight excluding hydrogens is 229 g/mol.